The number of hydrogen-bond acceptors (Lipinski definition) is 4. The van der Waals surface area contributed by atoms with Gasteiger partial charge in [0.15, 0.2) is 15.9 Å². The number of rotatable bonds is 6. The molecule has 1 aliphatic heterocycles. The van der Waals surface area contributed by atoms with Crippen LogP contribution in [0.3, 0.4) is 0 Å². The molecule has 0 saturated carbocycles. The van der Waals surface area contributed by atoms with Crippen LogP contribution in [0.4, 0.5) is 0 Å². The number of hydrogen-bond donors (Lipinski definition) is 0. The zero-order valence-corrected chi connectivity index (χ0v) is 18.6. The molecule has 0 aliphatic carbocycles. The highest BCUT2D eigenvalue weighted by molar-refractivity contribution is 7.91. The van der Waals surface area contributed by atoms with Crippen molar-refractivity contribution in [3.05, 3.63) is 63.6 Å². The van der Waals surface area contributed by atoms with Crippen LogP contribution < -0.4 is 4.74 Å². The molecule has 29 heavy (non-hydrogen) atoms. The monoisotopic (exact) mass is 455 g/mol. The molecule has 2 aromatic rings. The predicted octanol–water partition coefficient (Wildman–Crippen LogP) is 4.29. The normalized spacial score (nSPS) is 19.0. The summed E-state index contributed by atoms with van der Waals surface area (Å²) in [4.78, 5) is 14.8. The number of carbonyl (C=O) groups is 1. The van der Waals surface area contributed by atoms with Gasteiger partial charge in [0.25, 0.3) is 5.91 Å². The Morgan fingerprint density at radius 1 is 1.21 bits per heavy atom. The molecule has 1 saturated heterocycles. The third-order valence-corrected chi connectivity index (χ3v) is 7.41. The summed E-state index contributed by atoms with van der Waals surface area (Å²) in [6.45, 7) is 3.83. The zero-order chi connectivity index (χ0) is 21.2. The van der Waals surface area contributed by atoms with Crippen LogP contribution in [-0.2, 0) is 21.2 Å². The molecule has 0 bridgehead atoms. The van der Waals surface area contributed by atoms with E-state index in [1.165, 1.54) is 0 Å². The molecule has 1 fully saturated rings. The Balaban J connectivity index is 1.80. The minimum atomic E-state index is -3.14. The number of sulfone groups is 1. The molecule has 2 atom stereocenters. The van der Waals surface area contributed by atoms with Gasteiger partial charge in [0.05, 0.1) is 11.5 Å². The number of nitrogens with zero attached hydrogens (tertiary/aromatic N) is 1. The van der Waals surface area contributed by atoms with E-state index in [0.717, 1.165) is 11.1 Å². The van der Waals surface area contributed by atoms with Gasteiger partial charge in [-0.05, 0) is 61.7 Å². The van der Waals surface area contributed by atoms with E-state index in [1.54, 1.807) is 42.2 Å². The van der Waals surface area contributed by atoms with Crippen molar-refractivity contribution >= 4 is 38.9 Å². The molecule has 5 nitrogen and oxygen atoms in total. The van der Waals surface area contributed by atoms with Gasteiger partial charge >= 0.3 is 0 Å². The Kier molecular flexibility index (Phi) is 6.76. The van der Waals surface area contributed by atoms with Crippen molar-refractivity contribution in [3.8, 4) is 5.75 Å². The van der Waals surface area contributed by atoms with Gasteiger partial charge in [0, 0.05) is 22.6 Å². The molecule has 156 valence electrons. The number of benzene rings is 2. The van der Waals surface area contributed by atoms with Crippen molar-refractivity contribution in [1.29, 1.82) is 0 Å². The summed E-state index contributed by atoms with van der Waals surface area (Å²) in [5.74, 6) is 0.347. The smallest absolute Gasteiger partial charge is 0.263 e. The fourth-order valence-corrected chi connectivity index (χ4v) is 5.35. The van der Waals surface area contributed by atoms with E-state index < -0.39 is 15.9 Å². The number of ether oxygens (including phenoxy) is 1. The minimum absolute atomic E-state index is 0.0287. The molecule has 3 rings (SSSR count). The van der Waals surface area contributed by atoms with E-state index in [0.29, 0.717) is 28.8 Å². The predicted molar refractivity (Wildman–Crippen MR) is 115 cm³/mol. The summed E-state index contributed by atoms with van der Waals surface area (Å²) >= 11 is 12.0. The second-order valence-electron chi connectivity index (χ2n) is 7.32. The van der Waals surface area contributed by atoms with Crippen molar-refractivity contribution in [2.24, 2.45) is 0 Å². The molecule has 8 heteroatoms. The molecule has 0 unspecified atom stereocenters. The first-order valence-corrected chi connectivity index (χ1v) is 11.9. The molecule has 1 heterocycles. The average Bonchev–Trinajstić information content (AvgIpc) is 3.03. The highest BCUT2D eigenvalue weighted by atomic mass is 35.5. The Morgan fingerprint density at radius 2 is 1.90 bits per heavy atom. The average molecular weight is 456 g/mol. The maximum absolute atomic E-state index is 13.2. The molecular formula is C21H23Cl2NO4S. The Hall–Kier alpha value is -1.76. The first-order valence-electron chi connectivity index (χ1n) is 9.33. The Morgan fingerprint density at radius 3 is 2.48 bits per heavy atom. The zero-order valence-electron chi connectivity index (χ0n) is 16.3. The van der Waals surface area contributed by atoms with Gasteiger partial charge in [0.1, 0.15) is 5.75 Å². The fraction of sp³-hybridized carbons (Fsp3) is 0.381. The van der Waals surface area contributed by atoms with E-state index in [1.807, 2.05) is 19.1 Å². The molecule has 0 spiro atoms. The largest absolute Gasteiger partial charge is 0.481 e. The lowest BCUT2D eigenvalue weighted by Gasteiger charge is -2.31. The van der Waals surface area contributed by atoms with E-state index in [9.17, 15) is 13.2 Å². The topological polar surface area (TPSA) is 63.7 Å². The lowest BCUT2D eigenvalue weighted by Crippen LogP contribution is -2.46. The van der Waals surface area contributed by atoms with Gasteiger partial charge in [-0.3, -0.25) is 4.79 Å². The van der Waals surface area contributed by atoms with Gasteiger partial charge in [-0.15, -0.1) is 0 Å². The molecular weight excluding hydrogens is 433 g/mol. The Bertz CT molecular complexity index is 992. The van der Waals surface area contributed by atoms with Gasteiger partial charge < -0.3 is 9.64 Å². The molecule has 1 aliphatic rings. The van der Waals surface area contributed by atoms with Crippen molar-refractivity contribution in [2.45, 2.75) is 39.0 Å². The van der Waals surface area contributed by atoms with E-state index in [2.05, 4.69) is 0 Å². The molecule has 0 radical (unpaired) electrons. The van der Waals surface area contributed by atoms with Gasteiger partial charge in [-0.25, -0.2) is 8.42 Å². The van der Waals surface area contributed by atoms with Crippen molar-refractivity contribution in [2.75, 3.05) is 11.5 Å². The summed E-state index contributed by atoms with van der Waals surface area (Å²) in [6, 6.07) is 12.0. The standard InChI is InChI=1S/C21H23Cl2NO4S/c1-14-11-19(7-8-20(14)23)28-15(2)21(25)24(18-9-10-29(26,27)13-18)12-16-3-5-17(22)6-4-16/h3-8,11,15,18H,9-10,12-13H2,1-2H3/t15-,18+/m1/s1. The maximum Gasteiger partial charge on any atom is 0.263 e. The second kappa shape index (κ2) is 8.94. The number of aryl methyl sites for hydroxylation is 1. The molecule has 2 aromatic carbocycles. The minimum Gasteiger partial charge on any atom is -0.481 e. The van der Waals surface area contributed by atoms with E-state index in [-0.39, 0.29) is 23.5 Å². The van der Waals surface area contributed by atoms with Crippen LogP contribution in [-0.4, -0.2) is 42.9 Å². The maximum atomic E-state index is 13.2. The Labute approximate surface area is 181 Å². The van der Waals surface area contributed by atoms with Crippen LogP contribution in [0.1, 0.15) is 24.5 Å². The third kappa shape index (κ3) is 5.65. The lowest BCUT2D eigenvalue weighted by molar-refractivity contribution is -0.140. The van der Waals surface area contributed by atoms with Gasteiger partial charge in [0.2, 0.25) is 0 Å². The highest BCUT2D eigenvalue weighted by Gasteiger charge is 2.36. The van der Waals surface area contributed by atoms with Crippen molar-refractivity contribution in [1.82, 2.24) is 4.90 Å². The summed E-state index contributed by atoms with van der Waals surface area (Å²) < 4.78 is 29.8. The summed E-state index contributed by atoms with van der Waals surface area (Å²) in [5, 5.41) is 1.22. The lowest BCUT2D eigenvalue weighted by atomic mass is 10.1. The third-order valence-electron chi connectivity index (χ3n) is 4.99. The molecule has 1 amide bonds. The van der Waals surface area contributed by atoms with Crippen LogP contribution in [0.2, 0.25) is 10.0 Å². The van der Waals surface area contributed by atoms with Crippen LogP contribution in [0.25, 0.3) is 0 Å². The number of halogens is 2. The van der Waals surface area contributed by atoms with Crippen molar-refractivity contribution in [3.63, 3.8) is 0 Å². The quantitative estimate of drug-likeness (QED) is 0.651. The van der Waals surface area contributed by atoms with E-state index >= 15 is 0 Å². The van der Waals surface area contributed by atoms with E-state index in [4.69, 9.17) is 27.9 Å². The van der Waals surface area contributed by atoms with Gasteiger partial charge in [-0.2, -0.15) is 0 Å². The first kappa shape index (κ1) is 21.9. The SMILES string of the molecule is Cc1cc(O[C@H](C)C(=O)N(Cc2ccc(Cl)cc2)[C@H]2CCS(=O)(=O)C2)ccc1Cl. The second-order valence-corrected chi connectivity index (χ2v) is 10.4. The van der Waals surface area contributed by atoms with Crippen LogP contribution in [0.5, 0.6) is 5.75 Å². The number of amides is 1. The van der Waals surface area contributed by atoms with Gasteiger partial charge in [-0.1, -0.05) is 35.3 Å². The first-order chi connectivity index (χ1) is 13.6. The number of carbonyl (C=O) groups excluding carboxylic acids is 1. The van der Waals surface area contributed by atoms with Crippen molar-refractivity contribution < 1.29 is 17.9 Å². The highest BCUT2D eigenvalue weighted by Crippen LogP contribution is 2.25. The fourth-order valence-electron chi connectivity index (χ4n) is 3.37. The summed E-state index contributed by atoms with van der Waals surface area (Å²) in [7, 11) is -3.14. The van der Waals surface area contributed by atoms with Crippen LogP contribution in [0.15, 0.2) is 42.5 Å². The summed E-state index contributed by atoms with van der Waals surface area (Å²) in [6.07, 6.45) is -0.347. The van der Waals surface area contributed by atoms with Crippen LogP contribution in [0, 0.1) is 6.92 Å². The molecule has 0 N–H and O–H groups in total. The van der Waals surface area contributed by atoms with Crippen LogP contribution >= 0.6 is 23.2 Å². The summed E-state index contributed by atoms with van der Waals surface area (Å²) in [5.41, 5.74) is 1.73. The molecule has 0 aromatic heterocycles.